The van der Waals surface area contributed by atoms with Crippen LogP contribution in [0.5, 0.6) is 0 Å². The first-order chi connectivity index (χ1) is 10.2. The summed E-state index contributed by atoms with van der Waals surface area (Å²) in [6.45, 7) is 2.04. The van der Waals surface area contributed by atoms with Crippen molar-refractivity contribution in [3.63, 3.8) is 0 Å². The Morgan fingerprint density at radius 2 is 1.95 bits per heavy atom. The van der Waals surface area contributed by atoms with E-state index in [1.54, 1.807) is 6.20 Å². The summed E-state index contributed by atoms with van der Waals surface area (Å²) < 4.78 is 0. The number of anilines is 2. The molecular formula is C17H15N3S. The minimum absolute atomic E-state index is 0.388. The molecule has 0 amide bonds. The molecule has 0 aliphatic carbocycles. The SMILES string of the molecule is Cc1cccc(C(N)=S)c1Nc1cccc2ccncc12. The van der Waals surface area contributed by atoms with Crippen LogP contribution in [0.2, 0.25) is 0 Å². The number of hydrogen-bond acceptors (Lipinski definition) is 3. The highest BCUT2D eigenvalue weighted by molar-refractivity contribution is 7.80. The Labute approximate surface area is 128 Å². The number of hydrogen-bond donors (Lipinski definition) is 2. The lowest BCUT2D eigenvalue weighted by atomic mass is 10.1. The molecule has 1 aromatic heterocycles. The van der Waals surface area contributed by atoms with Gasteiger partial charge in [-0.2, -0.15) is 0 Å². The Morgan fingerprint density at radius 3 is 2.76 bits per heavy atom. The van der Waals surface area contributed by atoms with Gasteiger partial charge in [0.2, 0.25) is 0 Å². The summed E-state index contributed by atoms with van der Waals surface area (Å²) in [6, 6.07) is 14.0. The van der Waals surface area contributed by atoms with Crippen molar-refractivity contribution in [2.24, 2.45) is 5.73 Å². The van der Waals surface area contributed by atoms with Gasteiger partial charge in [-0.1, -0.05) is 36.5 Å². The Morgan fingerprint density at radius 1 is 1.14 bits per heavy atom. The van der Waals surface area contributed by atoms with Gasteiger partial charge in [-0.25, -0.2) is 0 Å². The Hall–Kier alpha value is -2.46. The Balaban J connectivity index is 2.13. The average Bonchev–Trinajstić information content (AvgIpc) is 2.49. The zero-order valence-electron chi connectivity index (χ0n) is 11.6. The van der Waals surface area contributed by atoms with Crippen LogP contribution >= 0.6 is 12.2 Å². The van der Waals surface area contributed by atoms with E-state index in [0.29, 0.717) is 4.99 Å². The van der Waals surface area contributed by atoms with E-state index in [2.05, 4.69) is 16.4 Å². The molecule has 0 saturated heterocycles. The molecule has 0 saturated carbocycles. The monoisotopic (exact) mass is 293 g/mol. The maximum absolute atomic E-state index is 5.83. The molecule has 21 heavy (non-hydrogen) atoms. The number of nitrogens with two attached hydrogens (primary N) is 1. The molecule has 0 spiro atoms. The molecule has 104 valence electrons. The molecule has 0 fully saturated rings. The predicted molar refractivity (Wildman–Crippen MR) is 92.1 cm³/mol. The maximum Gasteiger partial charge on any atom is 0.106 e. The number of nitrogens with one attached hydrogen (secondary N) is 1. The molecular weight excluding hydrogens is 278 g/mol. The van der Waals surface area contributed by atoms with Crippen LogP contribution in [0.15, 0.2) is 54.9 Å². The molecule has 0 unspecified atom stereocenters. The first-order valence-electron chi connectivity index (χ1n) is 6.66. The van der Waals surface area contributed by atoms with E-state index in [-0.39, 0.29) is 0 Å². The second kappa shape index (κ2) is 5.50. The van der Waals surface area contributed by atoms with Gasteiger partial charge in [-0.3, -0.25) is 4.98 Å². The van der Waals surface area contributed by atoms with Gasteiger partial charge in [-0.05, 0) is 36.1 Å². The number of benzene rings is 2. The van der Waals surface area contributed by atoms with E-state index >= 15 is 0 Å². The fourth-order valence-corrected chi connectivity index (χ4v) is 2.57. The third-order valence-corrected chi connectivity index (χ3v) is 3.70. The molecule has 2 aromatic carbocycles. The summed E-state index contributed by atoms with van der Waals surface area (Å²) in [4.78, 5) is 4.59. The van der Waals surface area contributed by atoms with Crippen molar-refractivity contribution in [3.05, 3.63) is 66.0 Å². The lowest BCUT2D eigenvalue weighted by Gasteiger charge is -2.15. The summed E-state index contributed by atoms with van der Waals surface area (Å²) in [5, 5.41) is 5.66. The van der Waals surface area contributed by atoms with Crippen molar-refractivity contribution in [2.45, 2.75) is 6.92 Å². The Kier molecular flexibility index (Phi) is 3.54. The summed E-state index contributed by atoms with van der Waals surface area (Å²) in [7, 11) is 0. The second-order valence-corrected chi connectivity index (χ2v) is 5.33. The van der Waals surface area contributed by atoms with Gasteiger partial charge in [0, 0.05) is 29.0 Å². The van der Waals surface area contributed by atoms with Crippen molar-refractivity contribution in [1.82, 2.24) is 4.98 Å². The fourth-order valence-electron chi connectivity index (χ4n) is 2.40. The summed E-state index contributed by atoms with van der Waals surface area (Å²) in [5.41, 5.74) is 9.72. The number of pyridine rings is 1. The molecule has 0 aliphatic rings. The number of para-hydroxylation sites is 1. The molecule has 3 aromatic rings. The van der Waals surface area contributed by atoms with E-state index in [4.69, 9.17) is 18.0 Å². The van der Waals surface area contributed by atoms with Crippen molar-refractivity contribution in [1.29, 1.82) is 0 Å². The van der Waals surface area contributed by atoms with Crippen LogP contribution in [0.1, 0.15) is 11.1 Å². The summed E-state index contributed by atoms with van der Waals surface area (Å²) >= 11 is 5.15. The van der Waals surface area contributed by atoms with Crippen LogP contribution in [-0.2, 0) is 0 Å². The molecule has 4 heteroatoms. The molecule has 0 radical (unpaired) electrons. The zero-order chi connectivity index (χ0) is 14.8. The highest BCUT2D eigenvalue weighted by Gasteiger charge is 2.09. The number of fused-ring (bicyclic) bond motifs is 1. The van der Waals surface area contributed by atoms with Gasteiger partial charge >= 0.3 is 0 Å². The van der Waals surface area contributed by atoms with Crippen LogP contribution < -0.4 is 11.1 Å². The van der Waals surface area contributed by atoms with E-state index in [0.717, 1.165) is 33.3 Å². The van der Waals surface area contributed by atoms with Gasteiger partial charge in [0.25, 0.3) is 0 Å². The molecule has 0 atom stereocenters. The van der Waals surface area contributed by atoms with Gasteiger partial charge in [0.1, 0.15) is 4.99 Å². The van der Waals surface area contributed by atoms with Gasteiger partial charge in [-0.15, -0.1) is 0 Å². The van der Waals surface area contributed by atoms with Crippen molar-refractivity contribution in [3.8, 4) is 0 Å². The number of nitrogens with zero attached hydrogens (tertiary/aromatic N) is 1. The predicted octanol–water partition coefficient (Wildman–Crippen LogP) is 3.92. The first-order valence-corrected chi connectivity index (χ1v) is 7.07. The van der Waals surface area contributed by atoms with Gasteiger partial charge in [0.15, 0.2) is 0 Å². The molecule has 3 N–H and O–H groups in total. The fraction of sp³-hybridized carbons (Fsp3) is 0.0588. The van der Waals surface area contributed by atoms with Crippen LogP contribution in [0.4, 0.5) is 11.4 Å². The maximum atomic E-state index is 5.83. The van der Waals surface area contributed by atoms with E-state index in [1.165, 1.54) is 0 Å². The normalized spacial score (nSPS) is 10.5. The lowest BCUT2D eigenvalue weighted by molar-refractivity contribution is 1.36. The largest absolute Gasteiger partial charge is 0.389 e. The second-order valence-electron chi connectivity index (χ2n) is 4.89. The van der Waals surface area contributed by atoms with E-state index < -0.39 is 0 Å². The topological polar surface area (TPSA) is 50.9 Å². The average molecular weight is 293 g/mol. The number of thiocarbonyl (C=S) groups is 1. The van der Waals surface area contributed by atoms with Crippen molar-refractivity contribution >= 4 is 39.4 Å². The Bertz CT molecular complexity index is 822. The van der Waals surface area contributed by atoms with Gasteiger partial charge < -0.3 is 11.1 Å². The molecule has 0 aliphatic heterocycles. The van der Waals surface area contributed by atoms with Crippen LogP contribution in [0, 0.1) is 6.92 Å². The van der Waals surface area contributed by atoms with Crippen LogP contribution in [0.3, 0.4) is 0 Å². The quantitative estimate of drug-likeness (QED) is 0.719. The van der Waals surface area contributed by atoms with Crippen molar-refractivity contribution < 1.29 is 0 Å². The summed E-state index contributed by atoms with van der Waals surface area (Å²) in [6.07, 6.45) is 3.65. The summed E-state index contributed by atoms with van der Waals surface area (Å²) in [5.74, 6) is 0. The van der Waals surface area contributed by atoms with Crippen LogP contribution in [0.25, 0.3) is 10.8 Å². The minimum Gasteiger partial charge on any atom is -0.389 e. The molecule has 1 heterocycles. The third kappa shape index (κ3) is 2.58. The molecule has 3 nitrogen and oxygen atoms in total. The van der Waals surface area contributed by atoms with Gasteiger partial charge in [0.05, 0.1) is 5.69 Å². The highest BCUT2D eigenvalue weighted by atomic mass is 32.1. The lowest BCUT2D eigenvalue weighted by Crippen LogP contribution is -2.12. The van der Waals surface area contributed by atoms with E-state index in [9.17, 15) is 0 Å². The third-order valence-electron chi connectivity index (χ3n) is 3.48. The number of rotatable bonds is 3. The molecule has 3 rings (SSSR count). The highest BCUT2D eigenvalue weighted by Crippen LogP contribution is 2.29. The zero-order valence-corrected chi connectivity index (χ0v) is 12.4. The smallest absolute Gasteiger partial charge is 0.106 e. The van der Waals surface area contributed by atoms with Crippen LogP contribution in [-0.4, -0.2) is 9.97 Å². The number of aryl methyl sites for hydroxylation is 1. The first kappa shape index (κ1) is 13.5. The van der Waals surface area contributed by atoms with Crippen molar-refractivity contribution in [2.75, 3.05) is 5.32 Å². The van der Waals surface area contributed by atoms with E-state index in [1.807, 2.05) is 49.5 Å². The minimum atomic E-state index is 0.388. The standard InChI is InChI=1S/C17H15N3S/c1-11-4-2-6-13(17(18)21)16(11)20-15-7-3-5-12-8-9-19-10-14(12)15/h2-10,20H,1H3,(H2,18,21). The molecule has 0 bridgehead atoms. The number of aromatic nitrogens is 1.